The molecule has 1 aromatic rings. The molecule has 1 heterocycles. The van der Waals surface area contributed by atoms with Crippen molar-refractivity contribution in [1.29, 1.82) is 0 Å². The van der Waals surface area contributed by atoms with Crippen molar-refractivity contribution in [3.05, 3.63) is 21.9 Å². The van der Waals surface area contributed by atoms with Crippen molar-refractivity contribution in [2.75, 3.05) is 14.1 Å². The minimum atomic E-state index is 0.190. The molecule has 0 bridgehead atoms. The highest BCUT2D eigenvalue weighted by atomic mass is 32.1. The molecule has 0 spiro atoms. The highest BCUT2D eigenvalue weighted by Crippen LogP contribution is 2.25. The van der Waals surface area contributed by atoms with Crippen LogP contribution in [0.4, 0.5) is 0 Å². The third-order valence-electron chi connectivity index (χ3n) is 4.03. The van der Waals surface area contributed by atoms with E-state index in [1.165, 1.54) is 12.8 Å². The first-order valence-corrected chi connectivity index (χ1v) is 7.50. The molecule has 3 nitrogen and oxygen atoms in total. The van der Waals surface area contributed by atoms with E-state index in [1.54, 1.807) is 11.3 Å². The van der Waals surface area contributed by atoms with E-state index in [2.05, 4.69) is 5.32 Å². The third kappa shape index (κ3) is 2.75. The average Bonchev–Trinajstić information content (AvgIpc) is 2.83. The molecule has 0 aromatic carbocycles. The lowest BCUT2D eigenvalue weighted by Crippen LogP contribution is -2.42. The number of nitrogens with zero attached hydrogens (tertiary/aromatic N) is 1. The highest BCUT2D eigenvalue weighted by Gasteiger charge is 2.27. The molecule has 100 valence electrons. The van der Waals surface area contributed by atoms with E-state index in [9.17, 15) is 4.79 Å². The summed E-state index contributed by atoms with van der Waals surface area (Å²) in [4.78, 5) is 15.2. The van der Waals surface area contributed by atoms with Crippen molar-refractivity contribution >= 4 is 17.2 Å². The van der Waals surface area contributed by atoms with Crippen molar-refractivity contribution in [3.63, 3.8) is 0 Å². The van der Waals surface area contributed by atoms with E-state index in [-0.39, 0.29) is 5.91 Å². The third-order valence-corrected chi connectivity index (χ3v) is 5.03. The van der Waals surface area contributed by atoms with Gasteiger partial charge in [-0.1, -0.05) is 0 Å². The molecule has 1 aromatic heterocycles. The minimum Gasteiger partial charge on any atom is -0.338 e. The number of carbonyl (C=O) groups excluding carboxylic acids is 1. The Balaban J connectivity index is 1.98. The number of thiophene rings is 1. The van der Waals surface area contributed by atoms with Crippen molar-refractivity contribution in [3.8, 4) is 0 Å². The fourth-order valence-electron chi connectivity index (χ4n) is 2.67. The number of rotatable bonds is 3. The topological polar surface area (TPSA) is 32.3 Å². The summed E-state index contributed by atoms with van der Waals surface area (Å²) in [6.07, 6.45) is 4.56. The van der Waals surface area contributed by atoms with Gasteiger partial charge in [0.2, 0.25) is 0 Å². The first-order chi connectivity index (χ1) is 8.63. The van der Waals surface area contributed by atoms with Crippen LogP contribution in [0.15, 0.2) is 11.4 Å². The predicted molar refractivity (Wildman–Crippen MR) is 76.3 cm³/mol. The Labute approximate surface area is 113 Å². The molecular weight excluding hydrogens is 244 g/mol. The van der Waals surface area contributed by atoms with Crippen LogP contribution in [0, 0.1) is 6.92 Å². The lowest BCUT2D eigenvalue weighted by atomic mass is 9.90. The van der Waals surface area contributed by atoms with Gasteiger partial charge in [0.05, 0.1) is 4.88 Å². The molecule has 0 unspecified atom stereocenters. The number of nitrogens with one attached hydrogen (secondary N) is 1. The van der Waals surface area contributed by atoms with Gasteiger partial charge in [-0.3, -0.25) is 4.79 Å². The van der Waals surface area contributed by atoms with E-state index in [0.29, 0.717) is 12.1 Å². The van der Waals surface area contributed by atoms with Gasteiger partial charge >= 0.3 is 0 Å². The van der Waals surface area contributed by atoms with E-state index in [1.807, 2.05) is 37.4 Å². The zero-order valence-corrected chi connectivity index (χ0v) is 12.2. The van der Waals surface area contributed by atoms with Gasteiger partial charge < -0.3 is 10.2 Å². The summed E-state index contributed by atoms with van der Waals surface area (Å²) in [6, 6.07) is 3.06. The van der Waals surface area contributed by atoms with Gasteiger partial charge in [-0.2, -0.15) is 0 Å². The Morgan fingerprint density at radius 1 is 1.39 bits per heavy atom. The van der Waals surface area contributed by atoms with Crippen LogP contribution >= 0.6 is 11.3 Å². The second-order valence-corrected chi connectivity index (χ2v) is 6.06. The molecule has 1 aliphatic carbocycles. The van der Waals surface area contributed by atoms with Crippen molar-refractivity contribution in [1.82, 2.24) is 10.2 Å². The minimum absolute atomic E-state index is 0.190. The molecule has 0 radical (unpaired) electrons. The van der Waals surface area contributed by atoms with E-state index < -0.39 is 0 Å². The fraction of sp³-hybridized carbons (Fsp3) is 0.643. The first-order valence-electron chi connectivity index (χ1n) is 6.62. The Bertz CT molecular complexity index is 408. The predicted octanol–water partition coefficient (Wildman–Crippen LogP) is 2.66. The molecule has 18 heavy (non-hydrogen) atoms. The summed E-state index contributed by atoms with van der Waals surface area (Å²) in [5.41, 5.74) is 1.10. The highest BCUT2D eigenvalue weighted by molar-refractivity contribution is 7.12. The standard InChI is InChI=1S/C14H22N2OS/c1-10-8-9-18-13(10)14(17)16(3)12-6-4-11(15-2)5-7-12/h8-9,11-12,15H,4-7H2,1-3H3. The van der Waals surface area contributed by atoms with Crippen LogP contribution in [0.1, 0.15) is 40.9 Å². The largest absolute Gasteiger partial charge is 0.338 e. The van der Waals surface area contributed by atoms with Gasteiger partial charge in [-0.15, -0.1) is 11.3 Å². The van der Waals surface area contributed by atoms with E-state index in [4.69, 9.17) is 0 Å². The van der Waals surface area contributed by atoms with Crippen molar-refractivity contribution < 1.29 is 4.79 Å². The van der Waals surface area contributed by atoms with Crippen LogP contribution in [0.2, 0.25) is 0 Å². The molecule has 2 rings (SSSR count). The summed E-state index contributed by atoms with van der Waals surface area (Å²) in [7, 11) is 3.97. The molecule has 1 N–H and O–H groups in total. The number of amides is 1. The summed E-state index contributed by atoms with van der Waals surface area (Å²) in [6.45, 7) is 2.01. The van der Waals surface area contributed by atoms with Crippen molar-refractivity contribution in [2.45, 2.75) is 44.7 Å². The molecule has 4 heteroatoms. The van der Waals surface area contributed by atoms with E-state index in [0.717, 1.165) is 23.3 Å². The van der Waals surface area contributed by atoms with Gasteiger partial charge in [0.25, 0.3) is 5.91 Å². The molecular formula is C14H22N2OS. The monoisotopic (exact) mass is 266 g/mol. The Kier molecular flexibility index (Phi) is 4.40. The van der Waals surface area contributed by atoms with Crippen LogP contribution < -0.4 is 5.32 Å². The lowest BCUT2D eigenvalue weighted by Gasteiger charge is -2.34. The second kappa shape index (κ2) is 5.85. The SMILES string of the molecule is CNC1CCC(N(C)C(=O)c2sccc2C)CC1. The van der Waals surface area contributed by atoms with Crippen LogP contribution in [0.3, 0.4) is 0 Å². The van der Waals surface area contributed by atoms with Gasteiger partial charge in [-0.25, -0.2) is 0 Å². The van der Waals surface area contributed by atoms with Crippen LogP contribution in [0.25, 0.3) is 0 Å². The number of hydrogen-bond acceptors (Lipinski definition) is 3. The summed E-state index contributed by atoms with van der Waals surface area (Å²) >= 11 is 1.55. The lowest BCUT2D eigenvalue weighted by molar-refractivity contribution is 0.0690. The maximum atomic E-state index is 12.4. The number of carbonyl (C=O) groups is 1. The first kappa shape index (κ1) is 13.6. The number of hydrogen-bond donors (Lipinski definition) is 1. The second-order valence-electron chi connectivity index (χ2n) is 5.14. The summed E-state index contributed by atoms with van der Waals surface area (Å²) in [5.74, 6) is 0.190. The van der Waals surface area contributed by atoms with Crippen LogP contribution in [-0.4, -0.2) is 37.0 Å². The van der Waals surface area contributed by atoms with Crippen LogP contribution in [-0.2, 0) is 0 Å². The molecule has 0 atom stereocenters. The summed E-state index contributed by atoms with van der Waals surface area (Å²) in [5, 5.41) is 5.32. The quantitative estimate of drug-likeness (QED) is 0.912. The summed E-state index contributed by atoms with van der Waals surface area (Å²) < 4.78 is 0. The van der Waals surface area contributed by atoms with Gasteiger partial charge in [0.1, 0.15) is 0 Å². The van der Waals surface area contributed by atoms with Gasteiger partial charge in [-0.05, 0) is 56.7 Å². The molecule has 1 aliphatic rings. The smallest absolute Gasteiger partial charge is 0.264 e. The van der Waals surface area contributed by atoms with Gasteiger partial charge in [0, 0.05) is 19.1 Å². The maximum absolute atomic E-state index is 12.4. The fourth-order valence-corrected chi connectivity index (χ4v) is 3.58. The Morgan fingerprint density at radius 2 is 2.06 bits per heavy atom. The number of aryl methyl sites for hydroxylation is 1. The van der Waals surface area contributed by atoms with Gasteiger partial charge in [0.15, 0.2) is 0 Å². The zero-order valence-electron chi connectivity index (χ0n) is 11.4. The maximum Gasteiger partial charge on any atom is 0.264 e. The molecule has 0 aliphatic heterocycles. The average molecular weight is 266 g/mol. The van der Waals surface area contributed by atoms with Crippen LogP contribution in [0.5, 0.6) is 0 Å². The Hall–Kier alpha value is -0.870. The van der Waals surface area contributed by atoms with Crippen molar-refractivity contribution in [2.24, 2.45) is 0 Å². The molecule has 1 fully saturated rings. The van der Waals surface area contributed by atoms with E-state index >= 15 is 0 Å². The molecule has 1 saturated carbocycles. The normalized spacial score (nSPS) is 23.9. The molecule has 0 saturated heterocycles. The Morgan fingerprint density at radius 3 is 2.56 bits per heavy atom. The molecule has 1 amide bonds. The zero-order chi connectivity index (χ0) is 13.1.